The smallest absolute Gasteiger partial charge is 0.243 e. The summed E-state index contributed by atoms with van der Waals surface area (Å²) in [5.41, 5.74) is 0. The zero-order valence-corrected chi connectivity index (χ0v) is 8.81. The highest BCUT2D eigenvalue weighted by atomic mass is 32.1. The lowest BCUT2D eigenvalue weighted by Gasteiger charge is -2.27. The number of ether oxygens (including phenoxy) is 1. The van der Waals surface area contributed by atoms with Crippen LogP contribution in [0.15, 0.2) is 12.7 Å². The van der Waals surface area contributed by atoms with Crippen LogP contribution in [-0.2, 0) is 9.53 Å². The third-order valence-corrected chi connectivity index (χ3v) is 2.18. The predicted octanol–water partition coefficient (Wildman–Crippen LogP) is -0.0518. The van der Waals surface area contributed by atoms with Crippen LogP contribution in [0.1, 0.15) is 0 Å². The van der Waals surface area contributed by atoms with E-state index < -0.39 is 0 Å². The molecule has 1 N–H and O–H groups in total. The second-order valence-electron chi connectivity index (χ2n) is 2.99. The Morgan fingerprint density at radius 2 is 2.57 bits per heavy atom. The molecule has 0 aromatic carbocycles. The average molecular weight is 214 g/mol. The average Bonchev–Trinajstić information content (AvgIpc) is 2.17. The highest BCUT2D eigenvalue weighted by Crippen LogP contribution is 1.98. The maximum absolute atomic E-state index is 10.8. The van der Waals surface area contributed by atoms with Gasteiger partial charge in [0.25, 0.3) is 0 Å². The van der Waals surface area contributed by atoms with Gasteiger partial charge in [0.15, 0.2) is 5.05 Å². The third-order valence-electron chi connectivity index (χ3n) is 1.94. The van der Waals surface area contributed by atoms with E-state index in [-0.39, 0.29) is 5.91 Å². The Bertz CT molecular complexity index is 243. The Morgan fingerprint density at radius 1 is 1.79 bits per heavy atom. The molecule has 4 nitrogen and oxygen atoms in total. The van der Waals surface area contributed by atoms with E-state index in [2.05, 4.69) is 16.8 Å². The number of nitrogens with one attached hydrogen (secondary N) is 1. The summed E-state index contributed by atoms with van der Waals surface area (Å²) in [5.74, 6) is -0.138. The van der Waals surface area contributed by atoms with Crippen LogP contribution < -0.4 is 5.32 Å². The molecule has 0 saturated carbocycles. The lowest BCUT2D eigenvalue weighted by atomic mass is 10.4. The topological polar surface area (TPSA) is 41.6 Å². The SMILES string of the molecule is C=CC(=O)NCCN1CCOC(=S)C1. The number of amides is 1. The van der Waals surface area contributed by atoms with Crippen molar-refractivity contribution in [1.82, 2.24) is 10.2 Å². The van der Waals surface area contributed by atoms with Crippen LogP contribution in [0.2, 0.25) is 0 Å². The minimum absolute atomic E-state index is 0.138. The summed E-state index contributed by atoms with van der Waals surface area (Å²) in [6.45, 7) is 6.98. The number of carbonyl (C=O) groups excluding carboxylic acids is 1. The van der Waals surface area contributed by atoms with Gasteiger partial charge in [-0.05, 0) is 18.3 Å². The lowest BCUT2D eigenvalue weighted by Crippen LogP contribution is -2.42. The van der Waals surface area contributed by atoms with E-state index in [0.717, 1.165) is 13.1 Å². The van der Waals surface area contributed by atoms with Crippen LogP contribution >= 0.6 is 12.2 Å². The molecule has 0 aliphatic carbocycles. The van der Waals surface area contributed by atoms with Crippen molar-refractivity contribution in [3.8, 4) is 0 Å². The second-order valence-corrected chi connectivity index (χ2v) is 3.45. The van der Waals surface area contributed by atoms with E-state index in [1.54, 1.807) is 0 Å². The van der Waals surface area contributed by atoms with Crippen LogP contribution in [0.3, 0.4) is 0 Å². The molecule has 1 aliphatic rings. The van der Waals surface area contributed by atoms with E-state index in [0.29, 0.717) is 24.7 Å². The molecule has 0 spiro atoms. The first-order valence-electron chi connectivity index (χ1n) is 4.50. The van der Waals surface area contributed by atoms with Gasteiger partial charge in [-0.1, -0.05) is 6.58 Å². The minimum Gasteiger partial charge on any atom is -0.484 e. The largest absolute Gasteiger partial charge is 0.484 e. The minimum atomic E-state index is -0.138. The number of morpholine rings is 1. The lowest BCUT2D eigenvalue weighted by molar-refractivity contribution is -0.116. The summed E-state index contributed by atoms with van der Waals surface area (Å²) >= 11 is 4.94. The number of hydrogen-bond donors (Lipinski definition) is 1. The van der Waals surface area contributed by atoms with Gasteiger partial charge in [0.1, 0.15) is 6.61 Å². The summed E-state index contributed by atoms with van der Waals surface area (Å²) in [4.78, 5) is 13.0. The summed E-state index contributed by atoms with van der Waals surface area (Å²) in [5, 5.41) is 3.34. The van der Waals surface area contributed by atoms with Crippen molar-refractivity contribution < 1.29 is 9.53 Å². The molecule has 0 radical (unpaired) electrons. The maximum Gasteiger partial charge on any atom is 0.243 e. The van der Waals surface area contributed by atoms with Gasteiger partial charge in [0, 0.05) is 19.6 Å². The molecule has 1 rings (SSSR count). The number of hydrogen-bond acceptors (Lipinski definition) is 4. The molecule has 0 bridgehead atoms. The first kappa shape index (κ1) is 11.1. The van der Waals surface area contributed by atoms with Gasteiger partial charge >= 0.3 is 0 Å². The molecule has 0 aromatic heterocycles. The standard InChI is InChI=1S/C9H14N2O2S/c1-2-8(12)10-3-4-11-5-6-13-9(14)7-11/h2H,1,3-7H2,(H,10,12). The molecule has 1 aliphatic heterocycles. The van der Waals surface area contributed by atoms with Crippen LogP contribution in [0.25, 0.3) is 0 Å². The maximum atomic E-state index is 10.8. The van der Waals surface area contributed by atoms with E-state index in [1.165, 1.54) is 6.08 Å². The summed E-state index contributed by atoms with van der Waals surface area (Å²) in [6.07, 6.45) is 1.27. The molecule has 14 heavy (non-hydrogen) atoms. The van der Waals surface area contributed by atoms with E-state index in [1.807, 2.05) is 0 Å². The van der Waals surface area contributed by atoms with Gasteiger partial charge in [-0.25, -0.2) is 0 Å². The number of rotatable bonds is 4. The predicted molar refractivity (Wildman–Crippen MR) is 58.2 cm³/mol. The highest BCUT2D eigenvalue weighted by Gasteiger charge is 2.14. The van der Waals surface area contributed by atoms with Crippen LogP contribution in [0.5, 0.6) is 0 Å². The van der Waals surface area contributed by atoms with Gasteiger partial charge in [0.05, 0.1) is 6.54 Å². The van der Waals surface area contributed by atoms with E-state index in [4.69, 9.17) is 17.0 Å². The molecule has 0 aromatic rings. The molecular weight excluding hydrogens is 200 g/mol. The van der Waals surface area contributed by atoms with Gasteiger partial charge in [-0.15, -0.1) is 0 Å². The van der Waals surface area contributed by atoms with Crippen molar-refractivity contribution in [2.24, 2.45) is 0 Å². The second kappa shape index (κ2) is 5.72. The van der Waals surface area contributed by atoms with Crippen molar-refractivity contribution in [1.29, 1.82) is 0 Å². The van der Waals surface area contributed by atoms with Crippen molar-refractivity contribution in [2.45, 2.75) is 0 Å². The van der Waals surface area contributed by atoms with Crippen molar-refractivity contribution in [2.75, 3.05) is 32.8 Å². The highest BCUT2D eigenvalue weighted by molar-refractivity contribution is 7.80. The normalized spacial score (nSPS) is 17.3. The zero-order chi connectivity index (χ0) is 10.4. The Hall–Kier alpha value is -0.940. The zero-order valence-electron chi connectivity index (χ0n) is 7.99. The van der Waals surface area contributed by atoms with Gasteiger partial charge in [-0.3, -0.25) is 9.69 Å². The Balaban J connectivity index is 2.14. The Morgan fingerprint density at radius 3 is 3.21 bits per heavy atom. The number of nitrogens with zero attached hydrogens (tertiary/aromatic N) is 1. The van der Waals surface area contributed by atoms with Crippen molar-refractivity contribution in [3.63, 3.8) is 0 Å². The number of carbonyl (C=O) groups is 1. The Labute approximate surface area is 88.9 Å². The van der Waals surface area contributed by atoms with Crippen LogP contribution in [-0.4, -0.2) is 48.6 Å². The Kier molecular flexibility index (Phi) is 4.55. The molecule has 1 heterocycles. The van der Waals surface area contributed by atoms with Gasteiger partial charge in [-0.2, -0.15) is 0 Å². The monoisotopic (exact) mass is 214 g/mol. The summed E-state index contributed by atoms with van der Waals surface area (Å²) in [6, 6.07) is 0. The van der Waals surface area contributed by atoms with E-state index >= 15 is 0 Å². The van der Waals surface area contributed by atoms with E-state index in [9.17, 15) is 4.79 Å². The summed E-state index contributed by atoms with van der Waals surface area (Å²) < 4.78 is 5.14. The molecule has 0 unspecified atom stereocenters. The van der Waals surface area contributed by atoms with Crippen LogP contribution in [0.4, 0.5) is 0 Å². The van der Waals surface area contributed by atoms with Crippen molar-refractivity contribution in [3.05, 3.63) is 12.7 Å². The molecule has 1 fully saturated rings. The third kappa shape index (κ3) is 3.85. The van der Waals surface area contributed by atoms with Crippen LogP contribution in [0, 0.1) is 0 Å². The quantitative estimate of drug-likeness (QED) is 0.526. The molecular formula is C9H14N2O2S. The van der Waals surface area contributed by atoms with Gasteiger partial charge in [0.2, 0.25) is 5.91 Å². The molecule has 0 atom stereocenters. The first-order chi connectivity index (χ1) is 6.72. The molecule has 1 amide bonds. The van der Waals surface area contributed by atoms with Gasteiger partial charge < -0.3 is 10.1 Å². The molecule has 5 heteroatoms. The fraction of sp³-hybridized carbons (Fsp3) is 0.556. The summed E-state index contributed by atoms with van der Waals surface area (Å²) in [7, 11) is 0. The fourth-order valence-corrected chi connectivity index (χ4v) is 1.46. The molecule has 78 valence electrons. The number of thiocarbonyl (C=S) groups is 1. The van der Waals surface area contributed by atoms with Crippen molar-refractivity contribution >= 4 is 23.2 Å². The first-order valence-corrected chi connectivity index (χ1v) is 4.91. The molecule has 1 saturated heterocycles. The fourth-order valence-electron chi connectivity index (χ4n) is 1.20.